The van der Waals surface area contributed by atoms with E-state index < -0.39 is 0 Å². The molecule has 0 spiro atoms. The third-order valence-corrected chi connectivity index (χ3v) is 4.91. The van der Waals surface area contributed by atoms with Crippen molar-refractivity contribution < 1.29 is 0 Å². The summed E-state index contributed by atoms with van der Waals surface area (Å²) in [7, 11) is 0. The average molecular weight is 311 g/mol. The van der Waals surface area contributed by atoms with Crippen LogP contribution in [0.15, 0.2) is 28.3 Å². The molecular weight excluding hydrogens is 296 g/mol. The van der Waals surface area contributed by atoms with Crippen LogP contribution in [0.2, 0.25) is 0 Å². The SMILES string of the molecule is Cc1cc(NC(C)c2cncs2)cc(C)c1Br. The predicted molar refractivity (Wildman–Crippen MR) is 77.8 cm³/mol. The quantitative estimate of drug-likeness (QED) is 0.889. The maximum atomic E-state index is 4.11. The van der Waals surface area contributed by atoms with E-state index >= 15 is 0 Å². The molecule has 2 rings (SSSR count). The number of anilines is 1. The number of aryl methyl sites for hydroxylation is 2. The van der Waals surface area contributed by atoms with Crippen molar-refractivity contribution in [3.05, 3.63) is 44.3 Å². The zero-order chi connectivity index (χ0) is 12.4. The van der Waals surface area contributed by atoms with Crippen molar-refractivity contribution in [3.63, 3.8) is 0 Å². The number of thiazole rings is 1. The van der Waals surface area contributed by atoms with Gasteiger partial charge in [-0.3, -0.25) is 4.98 Å². The molecule has 0 radical (unpaired) electrons. The van der Waals surface area contributed by atoms with E-state index in [2.05, 4.69) is 59.1 Å². The number of nitrogens with zero attached hydrogens (tertiary/aromatic N) is 1. The van der Waals surface area contributed by atoms with Crippen molar-refractivity contribution in [2.45, 2.75) is 26.8 Å². The van der Waals surface area contributed by atoms with Crippen molar-refractivity contribution >= 4 is 33.0 Å². The Morgan fingerprint density at radius 3 is 2.47 bits per heavy atom. The summed E-state index contributed by atoms with van der Waals surface area (Å²) < 4.78 is 1.19. The number of halogens is 1. The van der Waals surface area contributed by atoms with Gasteiger partial charge in [-0.1, -0.05) is 15.9 Å². The minimum Gasteiger partial charge on any atom is -0.378 e. The lowest BCUT2D eigenvalue weighted by atomic mass is 10.1. The van der Waals surface area contributed by atoms with Crippen LogP contribution in [-0.2, 0) is 0 Å². The summed E-state index contributed by atoms with van der Waals surface area (Å²) in [6.07, 6.45) is 1.92. The molecule has 0 fully saturated rings. The number of hydrogen-bond donors (Lipinski definition) is 1. The molecule has 0 saturated carbocycles. The first-order valence-electron chi connectivity index (χ1n) is 5.49. The van der Waals surface area contributed by atoms with E-state index in [0.29, 0.717) is 6.04 Å². The van der Waals surface area contributed by atoms with Gasteiger partial charge in [0, 0.05) is 21.2 Å². The third-order valence-electron chi connectivity index (χ3n) is 2.70. The molecule has 0 aliphatic heterocycles. The molecule has 1 aromatic carbocycles. The molecule has 4 heteroatoms. The average Bonchev–Trinajstić information content (AvgIpc) is 2.79. The van der Waals surface area contributed by atoms with Gasteiger partial charge in [0.25, 0.3) is 0 Å². The predicted octanol–water partition coefficient (Wildman–Crippen LogP) is 4.70. The summed E-state index contributed by atoms with van der Waals surface area (Å²) in [6.45, 7) is 6.37. The van der Waals surface area contributed by atoms with Crippen molar-refractivity contribution in [1.29, 1.82) is 0 Å². The van der Waals surface area contributed by atoms with Crippen molar-refractivity contribution in [1.82, 2.24) is 4.98 Å². The Bertz CT molecular complexity index is 485. The molecule has 0 aliphatic carbocycles. The zero-order valence-electron chi connectivity index (χ0n) is 10.1. The van der Waals surface area contributed by atoms with Crippen LogP contribution in [0.25, 0.3) is 0 Å². The Balaban J connectivity index is 2.19. The van der Waals surface area contributed by atoms with Gasteiger partial charge in [0.15, 0.2) is 0 Å². The van der Waals surface area contributed by atoms with Crippen molar-refractivity contribution in [2.75, 3.05) is 5.32 Å². The Morgan fingerprint density at radius 2 is 1.94 bits per heavy atom. The van der Waals surface area contributed by atoms with Crippen LogP contribution >= 0.6 is 27.3 Å². The Kier molecular flexibility index (Phi) is 3.84. The smallest absolute Gasteiger partial charge is 0.0795 e. The first-order valence-corrected chi connectivity index (χ1v) is 7.17. The van der Waals surface area contributed by atoms with E-state index in [1.807, 2.05) is 11.7 Å². The molecule has 0 bridgehead atoms. The minimum atomic E-state index is 0.294. The number of rotatable bonds is 3. The van der Waals surface area contributed by atoms with Crippen LogP contribution < -0.4 is 5.32 Å². The highest BCUT2D eigenvalue weighted by atomic mass is 79.9. The van der Waals surface area contributed by atoms with Gasteiger partial charge in [0.2, 0.25) is 0 Å². The van der Waals surface area contributed by atoms with Gasteiger partial charge in [0.1, 0.15) is 0 Å². The summed E-state index contributed by atoms with van der Waals surface area (Å²) in [6, 6.07) is 4.62. The van der Waals surface area contributed by atoms with Gasteiger partial charge in [0.05, 0.1) is 11.6 Å². The van der Waals surface area contributed by atoms with E-state index in [1.165, 1.54) is 20.5 Å². The third kappa shape index (κ3) is 2.87. The Hall–Kier alpha value is -0.870. The maximum absolute atomic E-state index is 4.11. The van der Waals surface area contributed by atoms with E-state index in [1.54, 1.807) is 11.3 Å². The second-order valence-electron chi connectivity index (χ2n) is 4.19. The first-order chi connectivity index (χ1) is 8.08. The normalized spacial score (nSPS) is 12.5. The van der Waals surface area contributed by atoms with Crippen LogP contribution in [0.3, 0.4) is 0 Å². The van der Waals surface area contributed by atoms with E-state index in [9.17, 15) is 0 Å². The molecule has 0 aliphatic rings. The van der Waals surface area contributed by atoms with Gasteiger partial charge >= 0.3 is 0 Å². The second-order valence-corrected chi connectivity index (χ2v) is 5.90. The molecule has 90 valence electrons. The fourth-order valence-electron chi connectivity index (χ4n) is 1.79. The van der Waals surface area contributed by atoms with Crippen LogP contribution in [-0.4, -0.2) is 4.98 Å². The van der Waals surface area contributed by atoms with Gasteiger partial charge in [-0.05, 0) is 44.0 Å². The number of nitrogens with one attached hydrogen (secondary N) is 1. The van der Waals surface area contributed by atoms with E-state index in [4.69, 9.17) is 0 Å². The van der Waals surface area contributed by atoms with E-state index in [0.717, 1.165) is 5.69 Å². The molecule has 0 amide bonds. The molecular formula is C13H15BrN2S. The molecule has 2 aromatic rings. The number of benzene rings is 1. The summed E-state index contributed by atoms with van der Waals surface area (Å²) in [5, 5.41) is 3.50. The summed E-state index contributed by atoms with van der Waals surface area (Å²) in [5.41, 5.74) is 5.53. The topological polar surface area (TPSA) is 24.9 Å². The molecule has 1 N–H and O–H groups in total. The molecule has 1 atom stereocenters. The highest BCUT2D eigenvalue weighted by molar-refractivity contribution is 9.10. The lowest BCUT2D eigenvalue weighted by molar-refractivity contribution is 0.902. The summed E-state index contributed by atoms with van der Waals surface area (Å²) in [4.78, 5) is 5.36. The molecule has 1 heterocycles. The molecule has 0 saturated heterocycles. The van der Waals surface area contributed by atoms with Crippen LogP contribution in [0.1, 0.15) is 29.0 Å². The lowest BCUT2D eigenvalue weighted by Gasteiger charge is -2.15. The monoisotopic (exact) mass is 310 g/mol. The standard InChI is InChI=1S/C13H15BrN2S/c1-8-4-11(5-9(2)13(8)14)16-10(3)12-6-15-7-17-12/h4-7,10,16H,1-3H3. The number of aromatic nitrogens is 1. The summed E-state index contributed by atoms with van der Waals surface area (Å²) in [5.74, 6) is 0. The highest BCUT2D eigenvalue weighted by Gasteiger charge is 2.08. The Labute approximate surface area is 114 Å². The van der Waals surface area contributed by atoms with Crippen LogP contribution in [0.4, 0.5) is 5.69 Å². The summed E-state index contributed by atoms with van der Waals surface area (Å²) >= 11 is 5.26. The van der Waals surface area contributed by atoms with Crippen LogP contribution in [0, 0.1) is 13.8 Å². The minimum absolute atomic E-state index is 0.294. The van der Waals surface area contributed by atoms with Crippen molar-refractivity contribution in [2.24, 2.45) is 0 Å². The second kappa shape index (κ2) is 5.19. The van der Waals surface area contributed by atoms with Gasteiger partial charge < -0.3 is 5.32 Å². The molecule has 1 aromatic heterocycles. The largest absolute Gasteiger partial charge is 0.378 e. The van der Waals surface area contributed by atoms with Gasteiger partial charge in [-0.25, -0.2) is 0 Å². The fraction of sp³-hybridized carbons (Fsp3) is 0.308. The highest BCUT2D eigenvalue weighted by Crippen LogP contribution is 2.28. The van der Waals surface area contributed by atoms with E-state index in [-0.39, 0.29) is 0 Å². The van der Waals surface area contributed by atoms with Crippen LogP contribution in [0.5, 0.6) is 0 Å². The van der Waals surface area contributed by atoms with Gasteiger partial charge in [-0.2, -0.15) is 0 Å². The first kappa shape index (κ1) is 12.6. The van der Waals surface area contributed by atoms with Crippen molar-refractivity contribution in [3.8, 4) is 0 Å². The Morgan fingerprint density at radius 1 is 1.29 bits per heavy atom. The molecule has 1 unspecified atom stereocenters. The zero-order valence-corrected chi connectivity index (χ0v) is 12.5. The number of hydrogen-bond acceptors (Lipinski definition) is 3. The fourth-order valence-corrected chi connectivity index (χ4v) is 2.65. The lowest BCUT2D eigenvalue weighted by Crippen LogP contribution is -2.05. The molecule has 17 heavy (non-hydrogen) atoms. The molecule has 2 nitrogen and oxygen atoms in total. The van der Waals surface area contributed by atoms with Gasteiger partial charge in [-0.15, -0.1) is 11.3 Å². The maximum Gasteiger partial charge on any atom is 0.0795 e.